The fourth-order valence-electron chi connectivity index (χ4n) is 15.7. The molecular formula is C86H80BN5O. The molecule has 0 saturated heterocycles. The molecule has 0 unspecified atom stereocenters. The molecule has 3 aromatic heterocycles. The zero-order valence-electron chi connectivity index (χ0n) is 56.4. The van der Waals surface area contributed by atoms with Crippen LogP contribution in [0.25, 0.3) is 76.9 Å². The number of furan rings is 1. The normalized spacial score (nSPS) is 13.9. The highest BCUT2D eigenvalue weighted by molar-refractivity contribution is 7.00. The van der Waals surface area contributed by atoms with Crippen LogP contribution in [0.1, 0.15) is 132 Å². The highest BCUT2D eigenvalue weighted by Gasteiger charge is 2.48. The highest BCUT2D eigenvalue weighted by atomic mass is 16.3. The Balaban J connectivity index is 1.05. The quantitative estimate of drug-likeness (QED) is 0.161. The second kappa shape index (κ2) is 19.4. The molecule has 0 amide bonds. The molecule has 17 rings (SSSR count). The van der Waals surface area contributed by atoms with Crippen molar-refractivity contribution >= 4 is 140 Å². The number of aromatic nitrogens is 2. The molecule has 0 aliphatic carbocycles. The number of para-hydroxylation sites is 4. The summed E-state index contributed by atoms with van der Waals surface area (Å²) in [6.45, 7) is 35.1. The van der Waals surface area contributed by atoms with E-state index in [0.717, 1.165) is 67.4 Å². The van der Waals surface area contributed by atoms with Gasteiger partial charge < -0.3 is 28.3 Å². The fourth-order valence-corrected chi connectivity index (χ4v) is 15.7. The van der Waals surface area contributed by atoms with Crippen LogP contribution in [0.5, 0.6) is 0 Å². The van der Waals surface area contributed by atoms with Crippen LogP contribution in [0.3, 0.4) is 0 Å². The minimum absolute atomic E-state index is 0.0395. The third kappa shape index (κ3) is 8.53. The molecule has 3 aliphatic rings. The molecule has 0 atom stereocenters. The van der Waals surface area contributed by atoms with Gasteiger partial charge in [-0.05, 0) is 187 Å². The Morgan fingerprint density at radius 3 is 1.40 bits per heavy atom. The number of hydrogen-bond donors (Lipinski definition) is 0. The maximum atomic E-state index is 7.26. The van der Waals surface area contributed by atoms with E-state index < -0.39 is 0 Å². The van der Waals surface area contributed by atoms with Gasteiger partial charge in [-0.1, -0.05) is 201 Å². The number of fused-ring (bicyclic) bond motifs is 15. The van der Waals surface area contributed by atoms with E-state index in [0.29, 0.717) is 0 Å². The molecule has 93 heavy (non-hydrogen) atoms. The summed E-state index contributed by atoms with van der Waals surface area (Å²) < 4.78 is 12.5. The second-order valence-corrected chi connectivity index (χ2v) is 31.9. The first kappa shape index (κ1) is 57.2. The average Bonchev–Trinajstić information content (AvgIpc) is 1.67. The smallest absolute Gasteiger partial charge is 0.252 e. The van der Waals surface area contributed by atoms with Crippen molar-refractivity contribution in [2.75, 3.05) is 14.7 Å². The topological polar surface area (TPSA) is 32.7 Å². The van der Waals surface area contributed by atoms with Crippen molar-refractivity contribution in [3.8, 4) is 11.4 Å². The summed E-state index contributed by atoms with van der Waals surface area (Å²) in [5.74, 6) is 0. The lowest BCUT2D eigenvalue weighted by Crippen LogP contribution is -2.62. The lowest BCUT2D eigenvalue weighted by Gasteiger charge is -2.47. The minimum atomic E-state index is -0.201. The zero-order chi connectivity index (χ0) is 64.3. The van der Waals surface area contributed by atoms with Crippen molar-refractivity contribution < 1.29 is 4.42 Å². The van der Waals surface area contributed by atoms with E-state index in [2.05, 4.69) is 340 Å². The number of anilines is 9. The summed E-state index contributed by atoms with van der Waals surface area (Å²) in [6.07, 6.45) is 0. The molecule has 11 aromatic carbocycles. The summed E-state index contributed by atoms with van der Waals surface area (Å²) in [7, 11) is 0. The van der Waals surface area contributed by atoms with E-state index in [-0.39, 0.29) is 33.8 Å². The third-order valence-corrected chi connectivity index (χ3v) is 20.7. The largest absolute Gasteiger partial charge is 0.454 e. The first-order chi connectivity index (χ1) is 44.3. The van der Waals surface area contributed by atoms with Crippen molar-refractivity contribution in [3.05, 3.63) is 240 Å². The van der Waals surface area contributed by atoms with Gasteiger partial charge in [0.25, 0.3) is 6.71 Å². The predicted molar refractivity (Wildman–Crippen MR) is 398 cm³/mol. The maximum Gasteiger partial charge on any atom is 0.252 e. The van der Waals surface area contributed by atoms with Gasteiger partial charge in [-0.25, -0.2) is 0 Å². The lowest BCUT2D eigenvalue weighted by atomic mass is 9.33. The molecule has 0 N–H and O–H groups in total. The van der Waals surface area contributed by atoms with E-state index >= 15 is 0 Å². The zero-order valence-corrected chi connectivity index (χ0v) is 56.4. The lowest BCUT2D eigenvalue weighted by molar-refractivity contribution is 0.590. The monoisotopic (exact) mass is 1210 g/mol. The van der Waals surface area contributed by atoms with Crippen LogP contribution in [-0.4, -0.2) is 15.8 Å². The van der Waals surface area contributed by atoms with Gasteiger partial charge in [-0.2, -0.15) is 0 Å². The van der Waals surface area contributed by atoms with Crippen LogP contribution in [0, 0.1) is 0 Å². The van der Waals surface area contributed by atoms with Crippen LogP contribution in [0.15, 0.2) is 217 Å². The Bertz CT molecular complexity index is 5380. The standard InChI is InChI=1S/C86H80BN5O/c1-82(2,3)51-33-38-68-62(41-51)63-42-52(83(4,5)6)34-39-69(63)89(68)58-36-37-66-72(48-58)90(71-31-24-30-61-60-29-22-23-32-77(60)93-81(61)71)73-49-59(88(56-25-18-16-19-26-56)57-27-20-17-21-28-57)50-74-78(73)87(66)67-45-55(86(13,14)15)47-76-80(67)92(74)75-46-54(85(10,11)12)44-65-64-43-53(84(7,8)9)35-40-70(64)91(76)79(65)75/h16-50H,1-15H3. The van der Waals surface area contributed by atoms with Crippen molar-refractivity contribution in [2.45, 2.75) is 131 Å². The van der Waals surface area contributed by atoms with Gasteiger partial charge >= 0.3 is 0 Å². The molecule has 458 valence electrons. The van der Waals surface area contributed by atoms with Gasteiger partial charge in [-0.15, -0.1) is 0 Å². The Morgan fingerprint density at radius 2 is 0.817 bits per heavy atom. The molecule has 6 nitrogen and oxygen atoms in total. The van der Waals surface area contributed by atoms with Gasteiger partial charge in [0, 0.05) is 66.4 Å². The number of hydrogen-bond acceptors (Lipinski definition) is 4. The van der Waals surface area contributed by atoms with Crippen molar-refractivity contribution in [1.82, 2.24) is 9.13 Å². The molecule has 0 saturated carbocycles. The fraction of sp³-hybridized carbons (Fsp3) is 0.233. The van der Waals surface area contributed by atoms with Crippen LogP contribution < -0.4 is 31.1 Å². The molecule has 7 heteroatoms. The Morgan fingerprint density at radius 1 is 0.323 bits per heavy atom. The second-order valence-electron chi connectivity index (χ2n) is 31.9. The summed E-state index contributed by atoms with van der Waals surface area (Å²) in [6, 6.07) is 81.5. The Hall–Kier alpha value is -9.72. The van der Waals surface area contributed by atoms with Crippen LogP contribution in [0.4, 0.5) is 51.2 Å². The van der Waals surface area contributed by atoms with Crippen LogP contribution in [-0.2, 0) is 27.1 Å². The SMILES string of the molecule is CC(C)(C)c1cc2c3c(c1)-n1c4ccc(C(C)(C)C)cc4c4cc(C(C)(C)C)cc(c41)N3c1cc(N(c3ccccc3)c3ccccc3)cc3c1B2c1ccc(-n2c4ccc(C(C)(C)C)cc4c4cc(C(C)(C)C)ccc42)cc1N3c1cccc2c1oc1ccccc12. The number of nitrogens with zero attached hydrogens (tertiary/aromatic N) is 5. The summed E-state index contributed by atoms with van der Waals surface area (Å²) in [4.78, 5) is 7.76. The van der Waals surface area contributed by atoms with Gasteiger partial charge in [0.05, 0.1) is 50.5 Å². The molecule has 0 bridgehead atoms. The summed E-state index contributed by atoms with van der Waals surface area (Å²) in [5, 5.41) is 7.27. The minimum Gasteiger partial charge on any atom is -0.454 e. The van der Waals surface area contributed by atoms with E-state index in [9.17, 15) is 0 Å². The van der Waals surface area contributed by atoms with Crippen molar-refractivity contribution in [3.63, 3.8) is 0 Å². The highest BCUT2D eigenvalue weighted by Crippen LogP contribution is 2.57. The van der Waals surface area contributed by atoms with Gasteiger partial charge in [0.1, 0.15) is 5.58 Å². The maximum absolute atomic E-state index is 7.26. The Labute approximate surface area is 547 Å². The van der Waals surface area contributed by atoms with Gasteiger partial charge in [0.2, 0.25) is 0 Å². The molecular weight excluding hydrogens is 1130 g/mol. The molecule has 6 heterocycles. The first-order valence-corrected chi connectivity index (χ1v) is 33.4. The Kier molecular flexibility index (Phi) is 12.0. The molecule has 14 aromatic rings. The molecule has 0 spiro atoms. The van der Waals surface area contributed by atoms with E-state index in [1.807, 2.05) is 0 Å². The molecule has 0 radical (unpaired) electrons. The van der Waals surface area contributed by atoms with Gasteiger partial charge in [0.15, 0.2) is 5.58 Å². The summed E-state index contributed by atoms with van der Waals surface area (Å²) in [5.41, 5.74) is 28.7. The molecule has 0 fully saturated rings. The number of rotatable bonds is 5. The predicted octanol–water partition coefficient (Wildman–Crippen LogP) is 22.1. The average molecular weight is 1210 g/mol. The van der Waals surface area contributed by atoms with Crippen molar-refractivity contribution in [1.29, 1.82) is 0 Å². The van der Waals surface area contributed by atoms with E-state index in [4.69, 9.17) is 4.42 Å². The van der Waals surface area contributed by atoms with Crippen LogP contribution >= 0.6 is 0 Å². The van der Waals surface area contributed by atoms with Gasteiger partial charge in [-0.3, -0.25) is 0 Å². The van der Waals surface area contributed by atoms with Crippen LogP contribution in [0.2, 0.25) is 0 Å². The first-order valence-electron chi connectivity index (χ1n) is 33.4. The number of benzene rings is 11. The third-order valence-electron chi connectivity index (χ3n) is 20.7. The summed E-state index contributed by atoms with van der Waals surface area (Å²) >= 11 is 0. The van der Waals surface area contributed by atoms with Crippen molar-refractivity contribution in [2.24, 2.45) is 0 Å². The van der Waals surface area contributed by atoms with E-state index in [1.54, 1.807) is 0 Å². The van der Waals surface area contributed by atoms with E-state index in [1.165, 1.54) is 105 Å². The molecule has 3 aliphatic heterocycles.